The first-order chi connectivity index (χ1) is 8.61. The number of benzene rings is 1. The number of nitrogens with zero attached hydrogens (tertiary/aromatic N) is 1. The Kier molecular flexibility index (Phi) is 3.93. The summed E-state index contributed by atoms with van der Waals surface area (Å²) in [6, 6.07) is 6.88. The molecule has 0 aliphatic rings. The van der Waals surface area contributed by atoms with E-state index in [2.05, 4.69) is 20.9 Å². The van der Waals surface area contributed by atoms with Crippen LogP contribution in [0, 0.1) is 12.7 Å². The van der Waals surface area contributed by atoms with Crippen LogP contribution in [0.25, 0.3) is 0 Å². The summed E-state index contributed by atoms with van der Waals surface area (Å²) in [5, 5.41) is 8.98. The van der Waals surface area contributed by atoms with Crippen molar-refractivity contribution >= 4 is 15.9 Å². The van der Waals surface area contributed by atoms with Crippen molar-refractivity contribution in [2.45, 2.75) is 13.5 Å². The van der Waals surface area contributed by atoms with Gasteiger partial charge in [0.15, 0.2) is 5.82 Å². The van der Waals surface area contributed by atoms with Crippen LogP contribution >= 0.6 is 15.9 Å². The summed E-state index contributed by atoms with van der Waals surface area (Å²) in [6.07, 6.45) is 1.40. The molecule has 0 saturated carbocycles. The topological polar surface area (TPSA) is 42.4 Å². The van der Waals surface area contributed by atoms with Crippen LogP contribution < -0.4 is 4.74 Å². The van der Waals surface area contributed by atoms with Crippen molar-refractivity contribution in [1.82, 2.24) is 4.98 Å². The Morgan fingerprint density at radius 2 is 2.17 bits per heavy atom. The molecule has 94 valence electrons. The quantitative estimate of drug-likeness (QED) is 0.942. The highest BCUT2D eigenvalue weighted by Gasteiger charge is 2.12. The molecule has 0 fully saturated rings. The van der Waals surface area contributed by atoms with Gasteiger partial charge in [-0.3, -0.25) is 0 Å². The van der Waals surface area contributed by atoms with E-state index in [0.29, 0.717) is 5.75 Å². The fourth-order valence-corrected chi connectivity index (χ4v) is 1.78. The second-order valence-corrected chi connectivity index (χ2v) is 4.67. The number of hydrogen-bond donors (Lipinski definition) is 1. The first-order valence-electron chi connectivity index (χ1n) is 5.30. The third kappa shape index (κ3) is 2.68. The van der Waals surface area contributed by atoms with Gasteiger partial charge < -0.3 is 9.84 Å². The van der Waals surface area contributed by atoms with Crippen molar-refractivity contribution in [3.05, 3.63) is 51.9 Å². The summed E-state index contributed by atoms with van der Waals surface area (Å²) in [7, 11) is 0. The lowest BCUT2D eigenvalue weighted by Crippen LogP contribution is -1.98. The number of hydrogen-bond acceptors (Lipinski definition) is 3. The standard InChI is InChI=1S/C13H11BrFNO2/c1-8-2-3-10(14)6-11(8)18-13-12(15)9(7-17)4-5-16-13/h2-6,17H,7H2,1H3. The van der Waals surface area contributed by atoms with E-state index in [4.69, 9.17) is 9.84 Å². The zero-order chi connectivity index (χ0) is 13.1. The third-order valence-corrected chi connectivity index (χ3v) is 2.96. The molecule has 1 aromatic heterocycles. The minimum Gasteiger partial charge on any atom is -0.436 e. The highest BCUT2D eigenvalue weighted by atomic mass is 79.9. The maximum Gasteiger partial charge on any atom is 0.256 e. The summed E-state index contributed by atoms with van der Waals surface area (Å²) in [5.41, 5.74) is 1.03. The molecule has 0 saturated heterocycles. The zero-order valence-corrected chi connectivity index (χ0v) is 11.2. The maximum atomic E-state index is 13.8. The predicted octanol–water partition coefficient (Wildman–Crippen LogP) is 3.58. The lowest BCUT2D eigenvalue weighted by atomic mass is 10.2. The van der Waals surface area contributed by atoms with Crippen LogP contribution in [0.3, 0.4) is 0 Å². The average molecular weight is 312 g/mol. The molecule has 18 heavy (non-hydrogen) atoms. The molecule has 2 aromatic rings. The molecule has 0 radical (unpaired) electrons. The smallest absolute Gasteiger partial charge is 0.256 e. The maximum absolute atomic E-state index is 13.8. The molecular weight excluding hydrogens is 301 g/mol. The molecule has 1 aromatic carbocycles. The van der Waals surface area contributed by atoms with E-state index in [1.807, 2.05) is 19.1 Å². The Morgan fingerprint density at radius 3 is 2.89 bits per heavy atom. The van der Waals surface area contributed by atoms with Gasteiger partial charge in [-0.05, 0) is 30.7 Å². The molecule has 1 heterocycles. The molecule has 0 spiro atoms. The zero-order valence-electron chi connectivity index (χ0n) is 9.65. The number of aryl methyl sites for hydroxylation is 1. The monoisotopic (exact) mass is 311 g/mol. The number of pyridine rings is 1. The van der Waals surface area contributed by atoms with E-state index in [1.165, 1.54) is 12.3 Å². The van der Waals surface area contributed by atoms with Gasteiger partial charge in [0.05, 0.1) is 6.61 Å². The Bertz CT molecular complexity index is 575. The van der Waals surface area contributed by atoms with Gasteiger partial charge in [0.1, 0.15) is 5.75 Å². The number of aliphatic hydroxyl groups excluding tert-OH is 1. The fourth-order valence-electron chi connectivity index (χ4n) is 1.44. The van der Waals surface area contributed by atoms with Crippen LogP contribution in [-0.2, 0) is 6.61 Å². The summed E-state index contributed by atoms with van der Waals surface area (Å²) in [4.78, 5) is 3.83. The second kappa shape index (κ2) is 5.46. The Balaban J connectivity index is 2.37. The Labute approximate surface area is 112 Å². The molecule has 3 nitrogen and oxygen atoms in total. The molecule has 0 amide bonds. The van der Waals surface area contributed by atoms with E-state index in [1.54, 1.807) is 6.07 Å². The summed E-state index contributed by atoms with van der Waals surface area (Å²) in [5.74, 6) is -0.256. The van der Waals surface area contributed by atoms with Gasteiger partial charge in [-0.15, -0.1) is 0 Å². The minimum atomic E-state index is -0.639. The van der Waals surface area contributed by atoms with E-state index >= 15 is 0 Å². The van der Waals surface area contributed by atoms with Gasteiger partial charge in [0, 0.05) is 16.2 Å². The van der Waals surface area contributed by atoms with Crippen molar-refractivity contribution in [1.29, 1.82) is 0 Å². The fraction of sp³-hybridized carbons (Fsp3) is 0.154. The molecule has 0 aliphatic carbocycles. The van der Waals surface area contributed by atoms with Crippen molar-refractivity contribution in [3.8, 4) is 11.6 Å². The van der Waals surface area contributed by atoms with E-state index < -0.39 is 5.82 Å². The largest absolute Gasteiger partial charge is 0.436 e. The van der Waals surface area contributed by atoms with E-state index in [9.17, 15) is 4.39 Å². The Morgan fingerprint density at radius 1 is 1.39 bits per heavy atom. The van der Waals surface area contributed by atoms with Crippen LogP contribution in [0.5, 0.6) is 11.6 Å². The summed E-state index contributed by atoms with van der Waals surface area (Å²) < 4.78 is 20.1. The molecule has 0 unspecified atom stereocenters. The molecule has 1 N–H and O–H groups in total. The Hall–Kier alpha value is -1.46. The number of rotatable bonds is 3. The molecule has 2 rings (SSSR count). The van der Waals surface area contributed by atoms with Gasteiger partial charge in [0.25, 0.3) is 5.88 Å². The minimum absolute atomic E-state index is 0.136. The number of aliphatic hydroxyl groups is 1. The molecule has 0 aliphatic heterocycles. The van der Waals surface area contributed by atoms with Gasteiger partial charge in [0.2, 0.25) is 0 Å². The van der Waals surface area contributed by atoms with Crippen molar-refractivity contribution < 1.29 is 14.2 Å². The SMILES string of the molecule is Cc1ccc(Br)cc1Oc1nccc(CO)c1F. The average Bonchev–Trinajstić information content (AvgIpc) is 2.36. The lowest BCUT2D eigenvalue weighted by Gasteiger charge is -2.10. The van der Waals surface area contributed by atoms with Crippen molar-refractivity contribution in [2.75, 3.05) is 0 Å². The first kappa shape index (κ1) is 13.0. The van der Waals surface area contributed by atoms with Crippen LogP contribution in [0.1, 0.15) is 11.1 Å². The van der Waals surface area contributed by atoms with Gasteiger partial charge in [-0.2, -0.15) is 0 Å². The van der Waals surface area contributed by atoms with Crippen LogP contribution in [-0.4, -0.2) is 10.1 Å². The molecule has 5 heteroatoms. The molecule has 0 atom stereocenters. The number of ether oxygens (including phenoxy) is 1. The first-order valence-corrected chi connectivity index (χ1v) is 6.09. The normalized spacial score (nSPS) is 10.4. The van der Waals surface area contributed by atoms with Crippen molar-refractivity contribution in [3.63, 3.8) is 0 Å². The number of aromatic nitrogens is 1. The molecule has 0 bridgehead atoms. The van der Waals surface area contributed by atoms with Crippen LogP contribution in [0.4, 0.5) is 4.39 Å². The second-order valence-electron chi connectivity index (χ2n) is 3.76. The van der Waals surface area contributed by atoms with Gasteiger partial charge in [-0.25, -0.2) is 9.37 Å². The summed E-state index contributed by atoms with van der Waals surface area (Å²) >= 11 is 3.32. The third-order valence-electron chi connectivity index (χ3n) is 2.46. The van der Waals surface area contributed by atoms with E-state index in [0.717, 1.165) is 10.0 Å². The van der Waals surface area contributed by atoms with Crippen molar-refractivity contribution in [2.24, 2.45) is 0 Å². The van der Waals surface area contributed by atoms with Crippen LogP contribution in [0.15, 0.2) is 34.9 Å². The summed E-state index contributed by atoms with van der Waals surface area (Å²) in [6.45, 7) is 1.47. The van der Waals surface area contributed by atoms with Crippen LogP contribution in [0.2, 0.25) is 0 Å². The number of halogens is 2. The highest BCUT2D eigenvalue weighted by Crippen LogP contribution is 2.29. The van der Waals surface area contributed by atoms with E-state index in [-0.39, 0.29) is 18.1 Å². The highest BCUT2D eigenvalue weighted by molar-refractivity contribution is 9.10. The van der Waals surface area contributed by atoms with Gasteiger partial charge in [-0.1, -0.05) is 22.0 Å². The molecular formula is C13H11BrFNO2. The lowest BCUT2D eigenvalue weighted by molar-refractivity contribution is 0.273. The van der Waals surface area contributed by atoms with Gasteiger partial charge >= 0.3 is 0 Å². The predicted molar refractivity (Wildman–Crippen MR) is 69.1 cm³/mol.